The van der Waals surface area contributed by atoms with Gasteiger partial charge in [0.05, 0.1) is 16.4 Å². The summed E-state index contributed by atoms with van der Waals surface area (Å²) in [5.74, 6) is 0.758. The Labute approximate surface area is 119 Å². The summed E-state index contributed by atoms with van der Waals surface area (Å²) in [6.45, 7) is 6.72. The molecule has 5 heteroatoms. The number of hydrogen-bond donors (Lipinski definition) is 1. The third-order valence-electron chi connectivity index (χ3n) is 3.83. The van der Waals surface area contributed by atoms with Gasteiger partial charge in [0.1, 0.15) is 0 Å². The van der Waals surface area contributed by atoms with Gasteiger partial charge in [0.15, 0.2) is 0 Å². The van der Waals surface area contributed by atoms with Crippen LogP contribution in [0, 0.1) is 12.3 Å². The molecule has 0 amide bonds. The number of hydrogen-bond acceptors (Lipinski definition) is 2. The van der Waals surface area contributed by atoms with E-state index in [1.165, 1.54) is 12.8 Å². The van der Waals surface area contributed by atoms with Gasteiger partial charge in [-0.05, 0) is 38.5 Å². The van der Waals surface area contributed by atoms with Crippen LogP contribution in [0.4, 0.5) is 0 Å². The summed E-state index contributed by atoms with van der Waals surface area (Å²) in [5, 5.41) is 8.73. The van der Waals surface area contributed by atoms with Crippen LogP contribution in [-0.4, -0.2) is 22.2 Å². The molecule has 3 nitrogen and oxygen atoms in total. The molecule has 0 spiro atoms. The molecule has 1 fully saturated rings. The highest BCUT2D eigenvalue weighted by Gasteiger charge is 2.41. The van der Waals surface area contributed by atoms with E-state index in [1.54, 1.807) is 0 Å². The molecule has 1 saturated carbocycles. The van der Waals surface area contributed by atoms with E-state index in [2.05, 4.69) is 17.3 Å². The lowest BCUT2D eigenvalue weighted by Gasteiger charge is -2.15. The van der Waals surface area contributed by atoms with Crippen LogP contribution in [0.5, 0.6) is 0 Å². The van der Waals surface area contributed by atoms with Gasteiger partial charge in [-0.3, -0.25) is 4.68 Å². The molecule has 102 valence electrons. The maximum Gasteiger partial charge on any atom is 0.0860 e. The van der Waals surface area contributed by atoms with Crippen molar-refractivity contribution in [1.82, 2.24) is 15.1 Å². The number of aromatic nitrogens is 2. The molecule has 1 aliphatic rings. The highest BCUT2D eigenvalue weighted by molar-refractivity contribution is 6.31. The maximum atomic E-state index is 6.28. The Bertz CT molecular complexity index is 411. The van der Waals surface area contributed by atoms with Gasteiger partial charge in [0.2, 0.25) is 0 Å². The van der Waals surface area contributed by atoms with Crippen molar-refractivity contribution in [3.63, 3.8) is 0 Å². The number of nitrogens with zero attached hydrogens (tertiary/aromatic N) is 2. The molecule has 2 rings (SSSR count). The van der Waals surface area contributed by atoms with E-state index in [9.17, 15) is 0 Å². The Kier molecular flexibility index (Phi) is 4.57. The Morgan fingerprint density at radius 1 is 1.44 bits per heavy atom. The van der Waals surface area contributed by atoms with Gasteiger partial charge >= 0.3 is 0 Å². The molecule has 1 heterocycles. The van der Waals surface area contributed by atoms with Crippen molar-refractivity contribution in [1.29, 1.82) is 0 Å². The first-order chi connectivity index (χ1) is 8.62. The van der Waals surface area contributed by atoms with E-state index in [0.717, 1.165) is 48.3 Å². The SMILES string of the molecule is CCn1nc(C)c(Cl)c1CNCC1(CCCl)CC1. The van der Waals surface area contributed by atoms with Gasteiger partial charge in [-0.2, -0.15) is 5.10 Å². The fourth-order valence-corrected chi connectivity index (χ4v) is 2.98. The predicted octanol–water partition coefficient (Wildman–Crippen LogP) is 3.36. The molecule has 1 aliphatic carbocycles. The summed E-state index contributed by atoms with van der Waals surface area (Å²) in [5.41, 5.74) is 2.47. The number of halogens is 2. The summed E-state index contributed by atoms with van der Waals surface area (Å²) < 4.78 is 1.98. The first-order valence-corrected chi connectivity index (χ1v) is 7.51. The lowest BCUT2D eigenvalue weighted by Crippen LogP contribution is -2.25. The molecule has 0 atom stereocenters. The van der Waals surface area contributed by atoms with E-state index < -0.39 is 0 Å². The summed E-state index contributed by atoms with van der Waals surface area (Å²) in [6, 6.07) is 0. The molecule has 0 radical (unpaired) electrons. The molecule has 0 aromatic carbocycles. The van der Waals surface area contributed by atoms with Gasteiger partial charge < -0.3 is 5.32 Å². The fraction of sp³-hybridized carbons (Fsp3) is 0.769. The average molecular weight is 290 g/mol. The predicted molar refractivity (Wildman–Crippen MR) is 76.4 cm³/mol. The lowest BCUT2D eigenvalue weighted by molar-refractivity contribution is 0.438. The van der Waals surface area contributed by atoms with Gasteiger partial charge in [-0.15, -0.1) is 11.6 Å². The Balaban J connectivity index is 1.90. The van der Waals surface area contributed by atoms with E-state index >= 15 is 0 Å². The lowest BCUT2D eigenvalue weighted by atomic mass is 10.0. The van der Waals surface area contributed by atoms with Crippen molar-refractivity contribution in [3.8, 4) is 0 Å². The van der Waals surface area contributed by atoms with Crippen molar-refractivity contribution >= 4 is 23.2 Å². The van der Waals surface area contributed by atoms with E-state index in [1.807, 2.05) is 11.6 Å². The van der Waals surface area contributed by atoms with Gasteiger partial charge in [0, 0.05) is 25.5 Å². The van der Waals surface area contributed by atoms with Gasteiger partial charge in [-0.1, -0.05) is 11.6 Å². The Hall–Kier alpha value is -0.250. The van der Waals surface area contributed by atoms with Gasteiger partial charge in [0.25, 0.3) is 0 Å². The Morgan fingerprint density at radius 2 is 2.17 bits per heavy atom. The molecule has 1 N–H and O–H groups in total. The van der Waals surface area contributed by atoms with Gasteiger partial charge in [-0.25, -0.2) is 0 Å². The topological polar surface area (TPSA) is 29.9 Å². The molecule has 0 aliphatic heterocycles. The normalized spacial score (nSPS) is 17.1. The average Bonchev–Trinajstić information content (AvgIpc) is 3.06. The summed E-state index contributed by atoms with van der Waals surface area (Å²) in [6.07, 6.45) is 3.71. The number of nitrogens with one attached hydrogen (secondary N) is 1. The number of rotatable bonds is 7. The second-order valence-electron chi connectivity index (χ2n) is 5.20. The first-order valence-electron chi connectivity index (χ1n) is 6.60. The molecule has 0 bridgehead atoms. The van der Waals surface area contributed by atoms with Crippen LogP contribution in [0.1, 0.15) is 37.6 Å². The molecule has 0 saturated heterocycles. The van der Waals surface area contributed by atoms with Crippen molar-refractivity contribution in [2.75, 3.05) is 12.4 Å². The zero-order valence-electron chi connectivity index (χ0n) is 11.1. The third kappa shape index (κ3) is 3.01. The van der Waals surface area contributed by atoms with Crippen LogP contribution in [-0.2, 0) is 13.1 Å². The first kappa shape index (κ1) is 14.2. The quantitative estimate of drug-likeness (QED) is 0.780. The van der Waals surface area contributed by atoms with Crippen LogP contribution < -0.4 is 5.32 Å². The van der Waals surface area contributed by atoms with Crippen molar-refractivity contribution in [3.05, 3.63) is 16.4 Å². The van der Waals surface area contributed by atoms with Crippen LogP contribution in [0.2, 0.25) is 5.02 Å². The summed E-state index contributed by atoms with van der Waals surface area (Å²) in [4.78, 5) is 0. The van der Waals surface area contributed by atoms with E-state index in [0.29, 0.717) is 5.41 Å². The van der Waals surface area contributed by atoms with Crippen LogP contribution in [0.3, 0.4) is 0 Å². The van der Waals surface area contributed by atoms with E-state index in [-0.39, 0.29) is 0 Å². The third-order valence-corrected chi connectivity index (χ3v) is 4.51. The molecule has 1 aromatic heterocycles. The standard InChI is InChI=1S/C13H21Cl2N3/c1-3-18-11(12(15)10(2)17-18)8-16-9-13(4-5-13)6-7-14/h16H,3-9H2,1-2H3. The molecule has 18 heavy (non-hydrogen) atoms. The minimum atomic E-state index is 0.459. The largest absolute Gasteiger partial charge is 0.311 e. The molecular weight excluding hydrogens is 269 g/mol. The highest BCUT2D eigenvalue weighted by Crippen LogP contribution is 2.48. The minimum absolute atomic E-state index is 0.459. The zero-order valence-corrected chi connectivity index (χ0v) is 12.6. The van der Waals surface area contributed by atoms with Crippen molar-refractivity contribution < 1.29 is 0 Å². The monoisotopic (exact) mass is 289 g/mol. The second kappa shape index (κ2) is 5.81. The van der Waals surface area contributed by atoms with Crippen LogP contribution in [0.25, 0.3) is 0 Å². The van der Waals surface area contributed by atoms with Crippen LogP contribution >= 0.6 is 23.2 Å². The minimum Gasteiger partial charge on any atom is -0.311 e. The zero-order chi connectivity index (χ0) is 13.2. The molecule has 1 aromatic rings. The maximum absolute atomic E-state index is 6.28. The second-order valence-corrected chi connectivity index (χ2v) is 5.96. The highest BCUT2D eigenvalue weighted by atomic mass is 35.5. The smallest absolute Gasteiger partial charge is 0.0860 e. The number of aryl methyl sites for hydroxylation is 2. The summed E-state index contributed by atoms with van der Waals surface area (Å²) >= 11 is 12.1. The summed E-state index contributed by atoms with van der Waals surface area (Å²) in [7, 11) is 0. The molecular formula is C13H21Cl2N3. The number of alkyl halides is 1. The van der Waals surface area contributed by atoms with Crippen LogP contribution in [0.15, 0.2) is 0 Å². The fourth-order valence-electron chi connectivity index (χ4n) is 2.38. The van der Waals surface area contributed by atoms with E-state index in [4.69, 9.17) is 23.2 Å². The van der Waals surface area contributed by atoms with Crippen molar-refractivity contribution in [2.45, 2.75) is 46.2 Å². The Morgan fingerprint density at radius 3 is 2.72 bits per heavy atom. The van der Waals surface area contributed by atoms with Crippen molar-refractivity contribution in [2.24, 2.45) is 5.41 Å². The molecule has 0 unspecified atom stereocenters.